The summed E-state index contributed by atoms with van der Waals surface area (Å²) in [5.41, 5.74) is 1.03. The highest BCUT2D eigenvalue weighted by Gasteiger charge is 2.28. The number of hydrogen-bond donors (Lipinski definition) is 2. The predicted octanol–water partition coefficient (Wildman–Crippen LogP) is 3.32. The van der Waals surface area contributed by atoms with Gasteiger partial charge in [-0.15, -0.1) is 12.4 Å². The van der Waals surface area contributed by atoms with Gasteiger partial charge >= 0.3 is 0 Å². The van der Waals surface area contributed by atoms with Gasteiger partial charge < -0.3 is 15.5 Å². The molecule has 1 heterocycles. The SMILES string of the molecule is Cl.O=C(NCCNC1CCCCCC1)C1CCCN(C(=O)Cc2ccccc2)C1. The van der Waals surface area contributed by atoms with Crippen molar-refractivity contribution in [3.05, 3.63) is 35.9 Å². The van der Waals surface area contributed by atoms with Crippen LogP contribution in [0.3, 0.4) is 0 Å². The summed E-state index contributed by atoms with van der Waals surface area (Å²) in [4.78, 5) is 27.0. The molecule has 2 aliphatic rings. The molecular weight excluding hydrogens is 386 g/mol. The van der Waals surface area contributed by atoms with Crippen molar-refractivity contribution in [1.29, 1.82) is 0 Å². The molecule has 1 aromatic rings. The first-order chi connectivity index (χ1) is 13.7. The molecule has 6 heteroatoms. The van der Waals surface area contributed by atoms with Gasteiger partial charge in [0, 0.05) is 32.2 Å². The molecule has 2 N–H and O–H groups in total. The molecular formula is C23H36ClN3O2. The fraction of sp³-hybridized carbons (Fsp3) is 0.652. The van der Waals surface area contributed by atoms with Crippen LogP contribution in [0.15, 0.2) is 30.3 Å². The molecule has 1 aliphatic heterocycles. The maximum Gasteiger partial charge on any atom is 0.227 e. The summed E-state index contributed by atoms with van der Waals surface area (Å²) < 4.78 is 0. The summed E-state index contributed by atoms with van der Waals surface area (Å²) in [6, 6.07) is 10.4. The molecule has 0 radical (unpaired) electrons. The van der Waals surface area contributed by atoms with Gasteiger partial charge in [0.15, 0.2) is 0 Å². The van der Waals surface area contributed by atoms with Crippen molar-refractivity contribution in [2.75, 3.05) is 26.2 Å². The second-order valence-corrected chi connectivity index (χ2v) is 8.27. The van der Waals surface area contributed by atoms with Crippen molar-refractivity contribution >= 4 is 24.2 Å². The minimum atomic E-state index is -0.0775. The molecule has 1 saturated carbocycles. The number of hydrogen-bond acceptors (Lipinski definition) is 3. The lowest BCUT2D eigenvalue weighted by molar-refractivity contribution is -0.135. The van der Waals surface area contributed by atoms with Crippen molar-refractivity contribution in [3.8, 4) is 0 Å². The number of piperidine rings is 1. The summed E-state index contributed by atoms with van der Waals surface area (Å²) in [5, 5.41) is 6.67. The van der Waals surface area contributed by atoms with Gasteiger partial charge in [-0.05, 0) is 31.2 Å². The predicted molar refractivity (Wildman–Crippen MR) is 119 cm³/mol. The zero-order valence-corrected chi connectivity index (χ0v) is 18.2. The molecule has 1 aliphatic carbocycles. The van der Waals surface area contributed by atoms with Crippen LogP contribution in [-0.4, -0.2) is 48.9 Å². The van der Waals surface area contributed by atoms with Crippen molar-refractivity contribution in [2.24, 2.45) is 5.92 Å². The number of carbonyl (C=O) groups excluding carboxylic acids is 2. The van der Waals surface area contributed by atoms with Crippen molar-refractivity contribution in [2.45, 2.75) is 63.8 Å². The zero-order chi connectivity index (χ0) is 19.6. The Morgan fingerprint density at radius 1 is 0.931 bits per heavy atom. The summed E-state index contributed by atoms with van der Waals surface area (Å²) in [5.74, 6) is 0.143. The molecule has 162 valence electrons. The van der Waals surface area contributed by atoms with Gasteiger partial charge in [-0.3, -0.25) is 9.59 Å². The summed E-state index contributed by atoms with van der Waals surface area (Å²) in [6.45, 7) is 2.82. The fourth-order valence-corrected chi connectivity index (χ4v) is 4.39. The molecule has 1 saturated heterocycles. The Bertz CT molecular complexity index is 618. The van der Waals surface area contributed by atoms with Crippen LogP contribution in [0.1, 0.15) is 56.9 Å². The quantitative estimate of drug-likeness (QED) is 0.524. The number of amides is 2. The molecule has 0 aromatic heterocycles. The lowest BCUT2D eigenvalue weighted by Gasteiger charge is -2.32. The Balaban J connectivity index is 0.00000300. The molecule has 0 spiro atoms. The molecule has 1 atom stereocenters. The van der Waals surface area contributed by atoms with E-state index in [0.29, 0.717) is 25.6 Å². The van der Waals surface area contributed by atoms with Crippen molar-refractivity contribution in [3.63, 3.8) is 0 Å². The minimum absolute atomic E-state index is 0. The van der Waals surface area contributed by atoms with E-state index in [1.54, 1.807) is 0 Å². The average molecular weight is 422 g/mol. The minimum Gasteiger partial charge on any atom is -0.355 e. The number of nitrogens with one attached hydrogen (secondary N) is 2. The third-order valence-corrected chi connectivity index (χ3v) is 6.06. The lowest BCUT2D eigenvalue weighted by Crippen LogP contribution is -2.47. The Morgan fingerprint density at radius 3 is 2.38 bits per heavy atom. The molecule has 2 amide bonds. The van der Waals surface area contributed by atoms with E-state index in [1.807, 2.05) is 35.2 Å². The molecule has 0 bridgehead atoms. The molecule has 1 unspecified atom stereocenters. The maximum atomic E-state index is 12.6. The van der Waals surface area contributed by atoms with Crippen LogP contribution < -0.4 is 10.6 Å². The van der Waals surface area contributed by atoms with Gasteiger partial charge in [0.05, 0.1) is 12.3 Å². The van der Waals surface area contributed by atoms with E-state index in [-0.39, 0.29) is 30.1 Å². The Hall–Kier alpha value is -1.59. The van der Waals surface area contributed by atoms with Gasteiger partial charge in [-0.1, -0.05) is 56.0 Å². The Morgan fingerprint density at radius 2 is 1.66 bits per heavy atom. The number of halogens is 1. The van der Waals surface area contributed by atoms with Crippen LogP contribution in [0.5, 0.6) is 0 Å². The number of rotatable bonds is 7. The Labute approximate surface area is 181 Å². The van der Waals surface area contributed by atoms with Gasteiger partial charge in [0.2, 0.25) is 11.8 Å². The van der Waals surface area contributed by atoms with Crippen LogP contribution >= 0.6 is 12.4 Å². The van der Waals surface area contributed by atoms with Crippen LogP contribution in [0.4, 0.5) is 0 Å². The van der Waals surface area contributed by atoms with E-state index in [2.05, 4.69) is 10.6 Å². The van der Waals surface area contributed by atoms with E-state index < -0.39 is 0 Å². The third kappa shape index (κ3) is 7.98. The maximum absolute atomic E-state index is 12.6. The van der Waals surface area contributed by atoms with Crippen LogP contribution in [0.25, 0.3) is 0 Å². The van der Waals surface area contributed by atoms with Crippen LogP contribution in [0, 0.1) is 5.92 Å². The van der Waals surface area contributed by atoms with E-state index in [9.17, 15) is 9.59 Å². The van der Waals surface area contributed by atoms with Gasteiger partial charge in [0.1, 0.15) is 0 Å². The van der Waals surface area contributed by atoms with E-state index in [0.717, 1.165) is 31.5 Å². The molecule has 5 nitrogen and oxygen atoms in total. The first-order valence-corrected chi connectivity index (χ1v) is 11.0. The number of nitrogens with zero attached hydrogens (tertiary/aromatic N) is 1. The normalized spacial score (nSPS) is 20.4. The highest BCUT2D eigenvalue weighted by molar-refractivity contribution is 5.85. The van der Waals surface area contributed by atoms with Crippen molar-refractivity contribution in [1.82, 2.24) is 15.5 Å². The highest BCUT2D eigenvalue weighted by atomic mass is 35.5. The van der Waals surface area contributed by atoms with Crippen molar-refractivity contribution < 1.29 is 9.59 Å². The molecule has 1 aromatic carbocycles. The smallest absolute Gasteiger partial charge is 0.227 e. The summed E-state index contributed by atoms with van der Waals surface area (Å²) in [6.07, 6.45) is 10.1. The first-order valence-electron chi connectivity index (χ1n) is 11.0. The zero-order valence-electron chi connectivity index (χ0n) is 17.4. The van der Waals surface area contributed by atoms with Gasteiger partial charge in [0.25, 0.3) is 0 Å². The summed E-state index contributed by atoms with van der Waals surface area (Å²) >= 11 is 0. The highest BCUT2D eigenvalue weighted by Crippen LogP contribution is 2.18. The largest absolute Gasteiger partial charge is 0.355 e. The number of benzene rings is 1. The second kappa shape index (κ2) is 12.9. The monoisotopic (exact) mass is 421 g/mol. The van der Waals surface area contributed by atoms with E-state index in [1.165, 1.54) is 38.5 Å². The van der Waals surface area contributed by atoms with Crippen LogP contribution in [0.2, 0.25) is 0 Å². The van der Waals surface area contributed by atoms with Crippen LogP contribution in [-0.2, 0) is 16.0 Å². The van der Waals surface area contributed by atoms with E-state index in [4.69, 9.17) is 0 Å². The average Bonchev–Trinajstić information content (AvgIpc) is 3.01. The van der Waals surface area contributed by atoms with Gasteiger partial charge in [-0.25, -0.2) is 0 Å². The summed E-state index contributed by atoms with van der Waals surface area (Å²) in [7, 11) is 0. The standard InChI is InChI=1S/C23H35N3O2.ClH/c27-22(17-19-9-4-3-5-10-19)26-16-8-11-20(18-26)23(28)25-15-14-24-21-12-6-1-2-7-13-21;/h3-5,9-10,20-21,24H,1-2,6-8,11-18H2,(H,25,28);1H. The lowest BCUT2D eigenvalue weighted by atomic mass is 9.96. The van der Waals surface area contributed by atoms with Gasteiger partial charge in [-0.2, -0.15) is 0 Å². The molecule has 2 fully saturated rings. The second-order valence-electron chi connectivity index (χ2n) is 8.27. The molecule has 3 rings (SSSR count). The topological polar surface area (TPSA) is 61.4 Å². The molecule has 29 heavy (non-hydrogen) atoms. The number of likely N-dealkylation sites (tertiary alicyclic amines) is 1. The third-order valence-electron chi connectivity index (χ3n) is 6.06. The Kier molecular flexibility index (Phi) is 10.5. The number of carbonyl (C=O) groups is 2. The first kappa shape index (κ1) is 23.7. The fourth-order valence-electron chi connectivity index (χ4n) is 4.39. The van der Waals surface area contributed by atoms with E-state index >= 15 is 0 Å².